The standard InChI is InChI=1S/C14H21N5O2/c1-5-11(13-15-9-16-19(13)4)17-14(20)12-7-6-10(21-12)8-18(2)3/h6-7,9,11H,5,8H2,1-4H3,(H,17,20)/t11-/m0/s1. The van der Waals surface area contributed by atoms with E-state index in [2.05, 4.69) is 15.4 Å². The van der Waals surface area contributed by atoms with E-state index in [1.807, 2.05) is 32.0 Å². The van der Waals surface area contributed by atoms with E-state index in [4.69, 9.17) is 4.42 Å². The molecule has 0 radical (unpaired) electrons. The van der Waals surface area contributed by atoms with E-state index in [1.165, 1.54) is 6.33 Å². The minimum absolute atomic E-state index is 0.188. The molecule has 114 valence electrons. The van der Waals surface area contributed by atoms with Crippen molar-refractivity contribution in [3.05, 3.63) is 35.8 Å². The highest BCUT2D eigenvalue weighted by Crippen LogP contribution is 2.15. The number of carbonyl (C=O) groups is 1. The van der Waals surface area contributed by atoms with Gasteiger partial charge in [0.05, 0.1) is 12.6 Å². The number of hydrogen-bond acceptors (Lipinski definition) is 5. The molecule has 0 fully saturated rings. The summed E-state index contributed by atoms with van der Waals surface area (Å²) in [5.74, 6) is 1.56. The Labute approximate surface area is 124 Å². The van der Waals surface area contributed by atoms with Crippen LogP contribution in [-0.2, 0) is 13.6 Å². The van der Waals surface area contributed by atoms with Gasteiger partial charge in [0.2, 0.25) is 0 Å². The Balaban J connectivity index is 2.06. The second-order valence-corrected chi connectivity index (χ2v) is 5.18. The summed E-state index contributed by atoms with van der Waals surface area (Å²) in [7, 11) is 5.70. The highest BCUT2D eigenvalue weighted by molar-refractivity contribution is 5.91. The van der Waals surface area contributed by atoms with Gasteiger partial charge in [-0.15, -0.1) is 0 Å². The summed E-state index contributed by atoms with van der Waals surface area (Å²) in [6.45, 7) is 2.65. The van der Waals surface area contributed by atoms with E-state index in [9.17, 15) is 4.79 Å². The van der Waals surface area contributed by atoms with Gasteiger partial charge in [0.25, 0.3) is 5.91 Å². The number of furan rings is 1. The van der Waals surface area contributed by atoms with Crippen molar-refractivity contribution in [3.8, 4) is 0 Å². The predicted molar refractivity (Wildman–Crippen MR) is 77.6 cm³/mol. The van der Waals surface area contributed by atoms with E-state index in [0.717, 1.165) is 18.0 Å². The van der Waals surface area contributed by atoms with Gasteiger partial charge in [-0.25, -0.2) is 4.98 Å². The second kappa shape index (κ2) is 6.53. The zero-order valence-electron chi connectivity index (χ0n) is 12.8. The van der Waals surface area contributed by atoms with Gasteiger partial charge in [-0.1, -0.05) is 6.92 Å². The monoisotopic (exact) mass is 291 g/mol. The Morgan fingerprint density at radius 1 is 1.48 bits per heavy atom. The van der Waals surface area contributed by atoms with Crippen LogP contribution in [0.1, 0.15) is 41.5 Å². The molecule has 0 saturated carbocycles. The van der Waals surface area contributed by atoms with Gasteiger partial charge in [-0.3, -0.25) is 9.48 Å². The molecule has 0 aliphatic carbocycles. The number of rotatable bonds is 6. The molecule has 0 bridgehead atoms. The van der Waals surface area contributed by atoms with E-state index in [-0.39, 0.29) is 11.9 Å². The first-order chi connectivity index (χ1) is 10.0. The van der Waals surface area contributed by atoms with E-state index < -0.39 is 0 Å². The zero-order chi connectivity index (χ0) is 15.4. The normalized spacial score (nSPS) is 12.6. The van der Waals surface area contributed by atoms with Gasteiger partial charge >= 0.3 is 0 Å². The van der Waals surface area contributed by atoms with Crippen LogP contribution in [0.15, 0.2) is 22.9 Å². The summed E-state index contributed by atoms with van der Waals surface area (Å²) in [5.41, 5.74) is 0. The van der Waals surface area contributed by atoms with Crippen molar-refractivity contribution in [3.63, 3.8) is 0 Å². The topological polar surface area (TPSA) is 76.2 Å². The van der Waals surface area contributed by atoms with Crippen LogP contribution in [0.5, 0.6) is 0 Å². The maximum absolute atomic E-state index is 12.2. The third-order valence-electron chi connectivity index (χ3n) is 3.13. The molecule has 1 atom stereocenters. The molecular weight excluding hydrogens is 270 g/mol. The quantitative estimate of drug-likeness (QED) is 0.869. The first-order valence-electron chi connectivity index (χ1n) is 6.89. The van der Waals surface area contributed by atoms with Crippen LogP contribution in [0.4, 0.5) is 0 Å². The summed E-state index contributed by atoms with van der Waals surface area (Å²) in [6.07, 6.45) is 2.20. The number of amides is 1. The summed E-state index contributed by atoms with van der Waals surface area (Å²) in [5, 5.41) is 6.95. The molecule has 0 spiro atoms. The number of nitrogens with zero attached hydrogens (tertiary/aromatic N) is 4. The van der Waals surface area contributed by atoms with Crippen LogP contribution in [0, 0.1) is 0 Å². The van der Waals surface area contributed by atoms with Crippen LogP contribution in [0.25, 0.3) is 0 Å². The van der Waals surface area contributed by atoms with Gasteiger partial charge < -0.3 is 14.6 Å². The second-order valence-electron chi connectivity index (χ2n) is 5.18. The SMILES string of the molecule is CC[C@H](NC(=O)c1ccc(CN(C)C)o1)c1ncnn1C. The van der Waals surface area contributed by atoms with E-state index in [1.54, 1.807) is 17.8 Å². The molecule has 0 aromatic carbocycles. The lowest BCUT2D eigenvalue weighted by Crippen LogP contribution is -2.29. The third-order valence-corrected chi connectivity index (χ3v) is 3.13. The van der Waals surface area contributed by atoms with Crippen molar-refractivity contribution in [2.45, 2.75) is 25.9 Å². The molecule has 21 heavy (non-hydrogen) atoms. The molecule has 1 amide bonds. The maximum Gasteiger partial charge on any atom is 0.287 e. The average molecular weight is 291 g/mol. The Bertz CT molecular complexity index is 602. The highest BCUT2D eigenvalue weighted by Gasteiger charge is 2.20. The van der Waals surface area contributed by atoms with Crippen molar-refractivity contribution in [2.24, 2.45) is 7.05 Å². The van der Waals surface area contributed by atoms with Crippen LogP contribution < -0.4 is 5.32 Å². The van der Waals surface area contributed by atoms with Crippen molar-refractivity contribution >= 4 is 5.91 Å². The zero-order valence-corrected chi connectivity index (χ0v) is 12.8. The number of carbonyl (C=O) groups excluding carboxylic acids is 1. The van der Waals surface area contributed by atoms with Gasteiger partial charge in [0, 0.05) is 7.05 Å². The van der Waals surface area contributed by atoms with E-state index >= 15 is 0 Å². The first kappa shape index (κ1) is 15.2. The molecule has 0 unspecified atom stereocenters. The Morgan fingerprint density at radius 2 is 2.24 bits per heavy atom. The third kappa shape index (κ3) is 3.69. The van der Waals surface area contributed by atoms with Crippen molar-refractivity contribution < 1.29 is 9.21 Å². The van der Waals surface area contributed by atoms with Crippen LogP contribution in [0.3, 0.4) is 0 Å². The molecule has 2 rings (SSSR count). The molecule has 7 heteroatoms. The molecule has 0 aliphatic heterocycles. The van der Waals surface area contributed by atoms with Crippen molar-refractivity contribution in [1.29, 1.82) is 0 Å². The molecule has 7 nitrogen and oxygen atoms in total. The highest BCUT2D eigenvalue weighted by atomic mass is 16.4. The number of hydrogen-bond donors (Lipinski definition) is 1. The Morgan fingerprint density at radius 3 is 2.81 bits per heavy atom. The lowest BCUT2D eigenvalue weighted by atomic mass is 10.2. The fourth-order valence-corrected chi connectivity index (χ4v) is 2.10. The summed E-state index contributed by atoms with van der Waals surface area (Å²) < 4.78 is 7.21. The Hall–Kier alpha value is -2.15. The minimum Gasteiger partial charge on any atom is -0.455 e. The number of aryl methyl sites for hydroxylation is 1. The predicted octanol–water partition coefficient (Wildman–Crippen LogP) is 1.35. The lowest BCUT2D eigenvalue weighted by Gasteiger charge is -2.15. The minimum atomic E-state index is -0.241. The van der Waals surface area contributed by atoms with Crippen LogP contribution in [-0.4, -0.2) is 39.7 Å². The maximum atomic E-state index is 12.2. The molecule has 2 aromatic heterocycles. The van der Waals surface area contributed by atoms with Gasteiger partial charge in [0.1, 0.15) is 17.9 Å². The van der Waals surface area contributed by atoms with E-state index in [0.29, 0.717) is 12.3 Å². The fourth-order valence-electron chi connectivity index (χ4n) is 2.10. The van der Waals surface area contributed by atoms with Gasteiger partial charge in [0.15, 0.2) is 5.76 Å². The van der Waals surface area contributed by atoms with Crippen LogP contribution in [0.2, 0.25) is 0 Å². The molecule has 1 N–H and O–H groups in total. The van der Waals surface area contributed by atoms with Gasteiger partial charge in [-0.2, -0.15) is 5.10 Å². The molecule has 0 saturated heterocycles. The lowest BCUT2D eigenvalue weighted by molar-refractivity contribution is 0.0901. The number of nitrogens with one attached hydrogen (secondary N) is 1. The van der Waals surface area contributed by atoms with Crippen LogP contribution >= 0.6 is 0 Å². The molecule has 0 aliphatic rings. The average Bonchev–Trinajstić information content (AvgIpc) is 3.04. The van der Waals surface area contributed by atoms with Crippen molar-refractivity contribution in [1.82, 2.24) is 25.0 Å². The Kier molecular flexibility index (Phi) is 4.74. The summed E-state index contributed by atoms with van der Waals surface area (Å²) in [4.78, 5) is 18.4. The summed E-state index contributed by atoms with van der Waals surface area (Å²) >= 11 is 0. The first-order valence-corrected chi connectivity index (χ1v) is 6.89. The van der Waals surface area contributed by atoms with Crippen molar-refractivity contribution in [2.75, 3.05) is 14.1 Å². The molecular formula is C14H21N5O2. The smallest absolute Gasteiger partial charge is 0.287 e. The number of aromatic nitrogens is 3. The summed E-state index contributed by atoms with van der Waals surface area (Å²) in [6, 6.07) is 3.32. The molecule has 2 aromatic rings. The largest absolute Gasteiger partial charge is 0.455 e. The fraction of sp³-hybridized carbons (Fsp3) is 0.500. The molecule has 2 heterocycles. The van der Waals surface area contributed by atoms with Gasteiger partial charge in [-0.05, 0) is 32.6 Å².